The van der Waals surface area contributed by atoms with E-state index in [-0.39, 0.29) is 5.75 Å². The van der Waals surface area contributed by atoms with Crippen LogP contribution in [0.5, 0.6) is 0 Å². The van der Waals surface area contributed by atoms with Crippen molar-refractivity contribution in [3.63, 3.8) is 0 Å². The monoisotopic (exact) mass is 494 g/mol. The predicted octanol–water partition coefficient (Wildman–Crippen LogP) is 6.25. The molecule has 0 aliphatic rings. The highest BCUT2D eigenvalue weighted by atomic mass is 32.2. The Bertz CT molecular complexity index is 472. The van der Waals surface area contributed by atoms with Gasteiger partial charge in [0.2, 0.25) is 0 Å². The zero-order valence-corrected chi connectivity index (χ0v) is 23.0. The van der Waals surface area contributed by atoms with Gasteiger partial charge in [-0.1, -0.05) is 65.2 Å². The Hall–Kier alpha value is -0.210. The first kappa shape index (κ1) is 32.8. The van der Waals surface area contributed by atoms with E-state index in [1.807, 2.05) is 6.92 Å². The molecule has 0 amide bonds. The molecule has 1 N–H and O–H groups in total. The van der Waals surface area contributed by atoms with E-state index in [0.717, 1.165) is 43.7 Å². The van der Waals surface area contributed by atoms with Gasteiger partial charge in [0.05, 0.1) is 45.2 Å². The van der Waals surface area contributed by atoms with Crippen molar-refractivity contribution < 1.29 is 26.9 Å². The molecule has 0 rings (SSSR count). The van der Waals surface area contributed by atoms with Gasteiger partial charge in [-0.15, -0.1) is 0 Å². The van der Waals surface area contributed by atoms with Crippen LogP contribution in [-0.4, -0.2) is 75.8 Å². The van der Waals surface area contributed by atoms with Crippen molar-refractivity contribution in [3.8, 4) is 0 Å². The number of unbranched alkanes of at least 4 members (excludes halogenated alkanes) is 11. The third-order valence-electron chi connectivity index (χ3n) is 6.54. The summed E-state index contributed by atoms with van der Waals surface area (Å²) in [6, 6.07) is 0. The molecule has 0 aliphatic carbocycles. The van der Waals surface area contributed by atoms with Gasteiger partial charge in [-0.3, -0.25) is 4.55 Å². The lowest BCUT2D eigenvalue weighted by Gasteiger charge is -2.39. The van der Waals surface area contributed by atoms with Gasteiger partial charge >= 0.3 is 0 Å². The molecule has 0 aliphatic heterocycles. The van der Waals surface area contributed by atoms with Crippen molar-refractivity contribution in [2.45, 2.75) is 111 Å². The summed E-state index contributed by atoms with van der Waals surface area (Å²) in [6.45, 7) is 13.4. The smallest absolute Gasteiger partial charge is 0.264 e. The van der Waals surface area contributed by atoms with E-state index >= 15 is 0 Å². The van der Waals surface area contributed by atoms with Crippen LogP contribution in [0.2, 0.25) is 0 Å². The summed E-state index contributed by atoms with van der Waals surface area (Å²) >= 11 is 0. The number of hydrogen-bond acceptors (Lipinski definition) is 4. The Kier molecular flexibility index (Phi) is 22.1. The van der Waals surface area contributed by atoms with Crippen LogP contribution in [0.3, 0.4) is 0 Å². The van der Waals surface area contributed by atoms with Gasteiger partial charge in [0.25, 0.3) is 10.1 Å². The lowest BCUT2D eigenvalue weighted by Crippen LogP contribution is -2.52. The first-order valence-corrected chi connectivity index (χ1v) is 15.5. The highest BCUT2D eigenvalue weighted by Crippen LogP contribution is 2.18. The van der Waals surface area contributed by atoms with Crippen molar-refractivity contribution in [2.24, 2.45) is 0 Å². The molecule has 0 aromatic heterocycles. The van der Waals surface area contributed by atoms with Crippen molar-refractivity contribution in [2.75, 3.05) is 58.4 Å². The fraction of sp³-hybridized carbons (Fsp3) is 1.00. The molecule has 0 spiro atoms. The van der Waals surface area contributed by atoms with Crippen LogP contribution in [0, 0.1) is 0 Å². The lowest BCUT2D eigenvalue weighted by molar-refractivity contribution is -0.929. The Labute approximate surface area is 206 Å². The van der Waals surface area contributed by atoms with Crippen molar-refractivity contribution in [3.05, 3.63) is 0 Å². The summed E-state index contributed by atoms with van der Waals surface area (Å²) < 4.78 is 43.7. The maximum Gasteiger partial charge on any atom is 0.264 e. The summed E-state index contributed by atoms with van der Waals surface area (Å²) in [5.74, 6) is -0.133. The van der Waals surface area contributed by atoms with Crippen molar-refractivity contribution in [1.82, 2.24) is 0 Å². The van der Waals surface area contributed by atoms with E-state index in [2.05, 4.69) is 13.8 Å². The molecule has 0 bridgehead atoms. The van der Waals surface area contributed by atoms with E-state index < -0.39 is 10.1 Å². The van der Waals surface area contributed by atoms with Crippen LogP contribution < -0.4 is 0 Å². The zero-order valence-electron chi connectivity index (χ0n) is 22.2. The first-order valence-electron chi connectivity index (χ1n) is 13.8. The highest BCUT2D eigenvalue weighted by Gasteiger charge is 2.26. The van der Waals surface area contributed by atoms with Gasteiger partial charge < -0.3 is 14.0 Å². The normalized spacial score (nSPS) is 12.5. The molecule has 0 heterocycles. The molecule has 0 saturated heterocycles. The number of rotatable bonds is 26. The maximum absolute atomic E-state index is 11.2. The Morgan fingerprint density at radius 1 is 0.576 bits per heavy atom. The number of ether oxygens (including phenoxy) is 2. The molecule has 33 heavy (non-hydrogen) atoms. The molecule has 6 nitrogen and oxygen atoms in total. The van der Waals surface area contributed by atoms with Crippen LogP contribution >= 0.6 is 0 Å². The standard InChI is InChI=1S/C26H55NO5S/c1-4-7-9-11-13-15-19-27(20-16-14-12-10-8-5-2,21-17-18-26-33(28,29)30)22-23-32-25-24-31-6-3/h4-26H2,1-3H3/p+1. The average Bonchev–Trinajstić information content (AvgIpc) is 2.77. The molecule has 200 valence electrons. The van der Waals surface area contributed by atoms with Gasteiger partial charge in [0, 0.05) is 6.61 Å². The third kappa shape index (κ3) is 22.0. The zero-order chi connectivity index (χ0) is 24.7. The summed E-state index contributed by atoms with van der Waals surface area (Å²) in [5.41, 5.74) is 0. The summed E-state index contributed by atoms with van der Waals surface area (Å²) in [6.07, 6.45) is 16.8. The Morgan fingerprint density at radius 2 is 1.03 bits per heavy atom. The minimum atomic E-state index is -3.88. The third-order valence-corrected chi connectivity index (χ3v) is 7.35. The molecular weight excluding hydrogens is 438 g/mol. The van der Waals surface area contributed by atoms with E-state index in [1.165, 1.54) is 77.0 Å². The number of nitrogens with zero attached hydrogens (tertiary/aromatic N) is 1. The van der Waals surface area contributed by atoms with E-state index in [1.54, 1.807) is 0 Å². The van der Waals surface area contributed by atoms with Gasteiger partial charge in [0.15, 0.2) is 0 Å². The van der Waals surface area contributed by atoms with Gasteiger partial charge in [-0.2, -0.15) is 8.42 Å². The quantitative estimate of drug-likeness (QED) is 0.0874. The Balaban J connectivity index is 4.87. The second kappa shape index (κ2) is 22.3. The molecular formula is C26H56NO5S+. The largest absolute Gasteiger partial charge is 0.379 e. The fourth-order valence-electron chi connectivity index (χ4n) is 4.48. The second-order valence-corrected chi connectivity index (χ2v) is 11.1. The van der Waals surface area contributed by atoms with Crippen LogP contribution in [-0.2, 0) is 19.6 Å². The molecule has 0 aromatic carbocycles. The number of hydrogen-bond donors (Lipinski definition) is 1. The average molecular weight is 495 g/mol. The lowest BCUT2D eigenvalue weighted by atomic mass is 10.1. The van der Waals surface area contributed by atoms with E-state index in [9.17, 15) is 8.42 Å². The second-order valence-electron chi connectivity index (χ2n) is 9.57. The summed E-state index contributed by atoms with van der Waals surface area (Å²) in [7, 11) is -3.88. The van der Waals surface area contributed by atoms with Crippen LogP contribution in [0.1, 0.15) is 111 Å². The first-order chi connectivity index (χ1) is 15.9. The van der Waals surface area contributed by atoms with Crippen LogP contribution in [0.4, 0.5) is 0 Å². The molecule has 0 fully saturated rings. The van der Waals surface area contributed by atoms with Gasteiger partial charge in [-0.05, 0) is 45.4 Å². The molecule has 7 heteroatoms. The minimum Gasteiger partial charge on any atom is -0.379 e. The molecule has 0 atom stereocenters. The highest BCUT2D eigenvalue weighted by molar-refractivity contribution is 7.85. The predicted molar refractivity (Wildman–Crippen MR) is 139 cm³/mol. The topological polar surface area (TPSA) is 72.8 Å². The van der Waals surface area contributed by atoms with Gasteiger partial charge in [-0.25, -0.2) is 0 Å². The summed E-state index contributed by atoms with van der Waals surface area (Å²) in [4.78, 5) is 0. The number of quaternary nitrogens is 1. The molecule has 0 radical (unpaired) electrons. The summed E-state index contributed by atoms with van der Waals surface area (Å²) in [5, 5.41) is 0. The Morgan fingerprint density at radius 3 is 1.52 bits per heavy atom. The van der Waals surface area contributed by atoms with Crippen LogP contribution in [0.25, 0.3) is 0 Å². The molecule has 0 saturated carbocycles. The van der Waals surface area contributed by atoms with E-state index in [4.69, 9.17) is 14.0 Å². The minimum absolute atomic E-state index is 0.133. The molecule has 0 unspecified atom stereocenters. The maximum atomic E-state index is 11.2. The molecule has 0 aromatic rings. The van der Waals surface area contributed by atoms with Crippen molar-refractivity contribution >= 4 is 10.1 Å². The van der Waals surface area contributed by atoms with Gasteiger partial charge in [0.1, 0.15) is 6.54 Å². The van der Waals surface area contributed by atoms with Crippen LogP contribution in [0.15, 0.2) is 0 Å². The fourth-order valence-corrected chi connectivity index (χ4v) is 5.05. The van der Waals surface area contributed by atoms with Crippen molar-refractivity contribution in [1.29, 1.82) is 0 Å². The SMILES string of the molecule is CCCCCCCC[N+](CCCCCCCC)(CCCCS(=O)(=O)O)CCOCCOCC. The van der Waals surface area contributed by atoms with E-state index in [0.29, 0.717) is 26.2 Å².